The largest absolute Gasteiger partial charge is 0.507 e. The van der Waals surface area contributed by atoms with Crippen LogP contribution in [0.1, 0.15) is 30.1 Å². The van der Waals surface area contributed by atoms with E-state index in [0.29, 0.717) is 6.61 Å². The first-order valence-corrected chi connectivity index (χ1v) is 6.66. The van der Waals surface area contributed by atoms with E-state index in [-0.39, 0.29) is 23.3 Å². The lowest BCUT2D eigenvalue weighted by atomic mass is 10.1. The Morgan fingerprint density at radius 1 is 1.56 bits per heavy atom. The van der Waals surface area contributed by atoms with Crippen LogP contribution in [-0.2, 0) is 4.74 Å². The van der Waals surface area contributed by atoms with Crippen molar-refractivity contribution in [2.75, 3.05) is 13.7 Å². The molecule has 0 bridgehead atoms. The number of methoxy groups -OCH3 is 1. The minimum Gasteiger partial charge on any atom is -0.507 e. The van der Waals surface area contributed by atoms with Crippen LogP contribution in [0.25, 0.3) is 0 Å². The molecule has 0 saturated heterocycles. The first-order valence-electron chi connectivity index (χ1n) is 5.86. The van der Waals surface area contributed by atoms with Crippen molar-refractivity contribution < 1.29 is 14.6 Å². The summed E-state index contributed by atoms with van der Waals surface area (Å²) in [4.78, 5) is 12.0. The van der Waals surface area contributed by atoms with Crippen LogP contribution >= 0.6 is 15.9 Å². The lowest BCUT2D eigenvalue weighted by molar-refractivity contribution is 0.0889. The molecule has 1 aromatic rings. The number of hydrogen-bond donors (Lipinski definition) is 2. The van der Waals surface area contributed by atoms with Crippen LogP contribution in [0.15, 0.2) is 22.7 Å². The van der Waals surface area contributed by atoms with Crippen molar-refractivity contribution in [3.8, 4) is 5.75 Å². The zero-order chi connectivity index (χ0) is 13.5. The number of carbonyl (C=O) groups excluding carboxylic acids is 1. The summed E-state index contributed by atoms with van der Waals surface area (Å²) in [6.07, 6.45) is 1.80. The average molecular weight is 316 g/mol. The zero-order valence-corrected chi connectivity index (χ0v) is 12.2. The Balaban J connectivity index is 2.76. The van der Waals surface area contributed by atoms with Crippen molar-refractivity contribution in [2.24, 2.45) is 0 Å². The van der Waals surface area contributed by atoms with Gasteiger partial charge in [-0.3, -0.25) is 4.79 Å². The van der Waals surface area contributed by atoms with E-state index in [1.807, 2.05) is 6.92 Å². The van der Waals surface area contributed by atoms with Crippen molar-refractivity contribution in [3.05, 3.63) is 28.2 Å². The quantitative estimate of drug-likeness (QED) is 0.848. The van der Waals surface area contributed by atoms with Crippen molar-refractivity contribution in [1.82, 2.24) is 5.32 Å². The molecule has 0 radical (unpaired) electrons. The van der Waals surface area contributed by atoms with E-state index in [0.717, 1.165) is 17.3 Å². The summed E-state index contributed by atoms with van der Waals surface area (Å²) in [6, 6.07) is 4.74. The van der Waals surface area contributed by atoms with Crippen LogP contribution in [0.5, 0.6) is 5.75 Å². The maximum atomic E-state index is 12.0. The standard InChI is InChI=1S/C13H18BrNO3/c1-3-4-10(8-18-2)15-13(17)11-7-9(14)5-6-12(11)16/h5-7,10,16H,3-4,8H2,1-2H3,(H,15,17). The second kappa shape index (κ2) is 7.38. The highest BCUT2D eigenvalue weighted by atomic mass is 79.9. The van der Waals surface area contributed by atoms with E-state index in [9.17, 15) is 9.90 Å². The number of carbonyl (C=O) groups is 1. The van der Waals surface area contributed by atoms with Crippen LogP contribution < -0.4 is 5.32 Å². The molecule has 1 aromatic carbocycles. The van der Waals surface area contributed by atoms with Gasteiger partial charge in [-0.1, -0.05) is 29.3 Å². The van der Waals surface area contributed by atoms with Gasteiger partial charge in [0.1, 0.15) is 5.75 Å². The van der Waals surface area contributed by atoms with Crippen LogP contribution in [-0.4, -0.2) is 30.8 Å². The molecule has 1 rings (SSSR count). The molecule has 2 N–H and O–H groups in total. The predicted molar refractivity (Wildman–Crippen MR) is 73.8 cm³/mol. The molecule has 0 aliphatic rings. The Hall–Kier alpha value is -1.07. The van der Waals surface area contributed by atoms with Gasteiger partial charge in [-0.25, -0.2) is 0 Å². The maximum absolute atomic E-state index is 12.0. The molecule has 0 aliphatic heterocycles. The molecule has 18 heavy (non-hydrogen) atoms. The van der Waals surface area contributed by atoms with Crippen LogP contribution in [0.3, 0.4) is 0 Å². The number of aromatic hydroxyl groups is 1. The summed E-state index contributed by atoms with van der Waals surface area (Å²) in [6.45, 7) is 2.51. The number of benzene rings is 1. The Kier molecular flexibility index (Phi) is 6.15. The Morgan fingerprint density at radius 2 is 2.28 bits per heavy atom. The van der Waals surface area contributed by atoms with Gasteiger partial charge in [0, 0.05) is 11.6 Å². The molecule has 0 spiro atoms. The lowest BCUT2D eigenvalue weighted by Gasteiger charge is -2.17. The fraction of sp³-hybridized carbons (Fsp3) is 0.462. The second-order valence-electron chi connectivity index (χ2n) is 4.08. The Morgan fingerprint density at radius 3 is 2.89 bits per heavy atom. The third-order valence-electron chi connectivity index (χ3n) is 2.54. The van der Waals surface area contributed by atoms with E-state index in [1.165, 1.54) is 6.07 Å². The Bertz CT molecular complexity index is 403. The van der Waals surface area contributed by atoms with Crippen LogP contribution in [0.4, 0.5) is 0 Å². The van der Waals surface area contributed by atoms with Gasteiger partial charge < -0.3 is 15.2 Å². The number of rotatable bonds is 6. The highest BCUT2D eigenvalue weighted by Gasteiger charge is 2.16. The zero-order valence-electron chi connectivity index (χ0n) is 10.6. The SMILES string of the molecule is CCCC(COC)NC(=O)c1cc(Br)ccc1O. The van der Waals surface area contributed by atoms with Gasteiger partial charge in [0.2, 0.25) is 0 Å². The summed E-state index contributed by atoms with van der Waals surface area (Å²) in [5, 5.41) is 12.5. The number of ether oxygens (including phenoxy) is 1. The minimum atomic E-state index is -0.288. The van der Waals surface area contributed by atoms with E-state index < -0.39 is 0 Å². The molecular weight excluding hydrogens is 298 g/mol. The van der Waals surface area contributed by atoms with Crippen molar-refractivity contribution in [1.29, 1.82) is 0 Å². The van der Waals surface area contributed by atoms with Crippen molar-refractivity contribution in [3.63, 3.8) is 0 Å². The maximum Gasteiger partial charge on any atom is 0.255 e. The number of amides is 1. The molecule has 1 unspecified atom stereocenters. The molecule has 0 saturated carbocycles. The summed E-state index contributed by atoms with van der Waals surface area (Å²) in [5.41, 5.74) is 0.265. The van der Waals surface area contributed by atoms with Gasteiger partial charge in [-0.05, 0) is 24.6 Å². The fourth-order valence-corrected chi connectivity index (χ4v) is 2.06. The third kappa shape index (κ3) is 4.31. The summed E-state index contributed by atoms with van der Waals surface area (Å²) in [5.74, 6) is -0.312. The lowest BCUT2D eigenvalue weighted by Crippen LogP contribution is -2.37. The molecule has 1 amide bonds. The highest BCUT2D eigenvalue weighted by molar-refractivity contribution is 9.10. The van der Waals surface area contributed by atoms with Crippen LogP contribution in [0.2, 0.25) is 0 Å². The summed E-state index contributed by atoms with van der Waals surface area (Å²) >= 11 is 3.28. The number of phenols is 1. The van der Waals surface area contributed by atoms with Gasteiger partial charge in [-0.15, -0.1) is 0 Å². The van der Waals surface area contributed by atoms with Crippen LogP contribution in [0, 0.1) is 0 Å². The molecule has 100 valence electrons. The number of halogens is 1. The minimum absolute atomic E-state index is 0.0247. The normalized spacial score (nSPS) is 12.2. The third-order valence-corrected chi connectivity index (χ3v) is 3.04. The number of hydrogen-bond acceptors (Lipinski definition) is 3. The molecule has 4 nitrogen and oxygen atoms in total. The molecule has 1 atom stereocenters. The fourth-order valence-electron chi connectivity index (χ4n) is 1.70. The summed E-state index contributed by atoms with van der Waals surface area (Å²) in [7, 11) is 1.60. The number of phenolic OH excluding ortho intramolecular Hbond substituents is 1. The Labute approximate surface area is 115 Å². The molecular formula is C13H18BrNO3. The molecule has 0 aliphatic carbocycles. The number of nitrogens with one attached hydrogen (secondary N) is 1. The molecule has 0 heterocycles. The van der Waals surface area contributed by atoms with E-state index in [1.54, 1.807) is 19.2 Å². The van der Waals surface area contributed by atoms with E-state index in [4.69, 9.17) is 4.74 Å². The monoisotopic (exact) mass is 315 g/mol. The van der Waals surface area contributed by atoms with Crippen molar-refractivity contribution in [2.45, 2.75) is 25.8 Å². The summed E-state index contributed by atoms with van der Waals surface area (Å²) < 4.78 is 5.81. The smallest absolute Gasteiger partial charge is 0.255 e. The highest BCUT2D eigenvalue weighted by Crippen LogP contribution is 2.21. The van der Waals surface area contributed by atoms with Gasteiger partial charge >= 0.3 is 0 Å². The van der Waals surface area contributed by atoms with Gasteiger partial charge in [-0.2, -0.15) is 0 Å². The topological polar surface area (TPSA) is 58.6 Å². The second-order valence-corrected chi connectivity index (χ2v) is 4.99. The predicted octanol–water partition coefficient (Wildman–Crippen LogP) is 2.70. The van der Waals surface area contributed by atoms with Gasteiger partial charge in [0.05, 0.1) is 18.2 Å². The average Bonchev–Trinajstić information content (AvgIpc) is 2.33. The van der Waals surface area contributed by atoms with E-state index >= 15 is 0 Å². The van der Waals surface area contributed by atoms with E-state index in [2.05, 4.69) is 21.2 Å². The van der Waals surface area contributed by atoms with Gasteiger partial charge in [0.15, 0.2) is 0 Å². The first-order chi connectivity index (χ1) is 8.58. The van der Waals surface area contributed by atoms with Gasteiger partial charge in [0.25, 0.3) is 5.91 Å². The molecule has 0 aromatic heterocycles. The molecule has 5 heteroatoms. The van der Waals surface area contributed by atoms with Crippen molar-refractivity contribution >= 4 is 21.8 Å². The first kappa shape index (κ1) is 15.0. The molecule has 0 fully saturated rings.